The first-order chi connectivity index (χ1) is 26.1. The smallest absolute Gasteiger partial charge is 0.270 e. The number of para-hydroxylation sites is 1. The lowest BCUT2D eigenvalue weighted by Gasteiger charge is -2.29. The molecule has 0 radical (unpaired) electrons. The molecule has 15 heteroatoms. The summed E-state index contributed by atoms with van der Waals surface area (Å²) in [6.45, 7) is -0.00177. The number of sulfonamides is 1. The number of rotatable bonds is 7. The molecule has 5 atom stereocenters. The summed E-state index contributed by atoms with van der Waals surface area (Å²) in [5.74, 6) is -2.50. The monoisotopic (exact) mass is 751 g/mol. The van der Waals surface area contributed by atoms with E-state index in [1.165, 1.54) is 23.5 Å². The van der Waals surface area contributed by atoms with Gasteiger partial charge in [-0.1, -0.05) is 61.4 Å². The number of carbonyl (C=O) groups excluding carboxylic acids is 4. The van der Waals surface area contributed by atoms with Crippen LogP contribution in [0.25, 0.3) is 21.7 Å². The van der Waals surface area contributed by atoms with Gasteiger partial charge in [-0.15, -0.1) is 0 Å². The van der Waals surface area contributed by atoms with Gasteiger partial charge in [0, 0.05) is 29.3 Å². The molecule has 4 aromatic rings. The quantitative estimate of drug-likeness (QED) is 0.187. The molecule has 0 bridgehead atoms. The number of benzene rings is 2. The van der Waals surface area contributed by atoms with Gasteiger partial charge in [-0.25, -0.2) is 23.4 Å². The van der Waals surface area contributed by atoms with E-state index in [4.69, 9.17) is 9.72 Å². The molecule has 2 aromatic carbocycles. The maximum atomic E-state index is 14.6. The van der Waals surface area contributed by atoms with Crippen molar-refractivity contribution in [1.82, 2.24) is 35.2 Å². The van der Waals surface area contributed by atoms with Crippen LogP contribution in [0.3, 0.4) is 0 Å². The van der Waals surface area contributed by atoms with Gasteiger partial charge in [0.05, 0.1) is 17.3 Å². The minimum atomic E-state index is -3.89. The topological polar surface area (TPSA) is 190 Å². The van der Waals surface area contributed by atoms with Crippen LogP contribution >= 0.6 is 0 Å². The number of amides is 4. The molecule has 4 heterocycles. The molecule has 5 unspecified atom stereocenters. The molecule has 2 aliphatic heterocycles. The van der Waals surface area contributed by atoms with Crippen molar-refractivity contribution in [3.63, 3.8) is 0 Å². The minimum absolute atomic E-state index is 0.00177. The standard InChI is InChI=1S/C39H41N7O7S/c47-34(31-18-19-40-23-41-31)42-32-15-5-3-1-2-4-10-24-21-39(24,38(50)45-54(51,52)26-16-17-26)44-35(48)33-20-25(22-46(33)37(32)49)53-36-29-13-7-6-11-27(29)28-12-8-9-14-30(28)43-36/h4,6-14,18-19,23-26,32-33H,1-3,5,15-17,20-22H2,(H,42,47)(H,44,48)(H,45,50)/b10-4-. The zero-order valence-corrected chi connectivity index (χ0v) is 30.3. The first-order valence-corrected chi connectivity index (χ1v) is 20.0. The number of nitrogens with zero attached hydrogens (tertiary/aromatic N) is 4. The third-order valence-electron chi connectivity index (χ3n) is 10.8. The minimum Gasteiger partial charge on any atom is -0.472 e. The Morgan fingerprint density at radius 1 is 0.944 bits per heavy atom. The van der Waals surface area contributed by atoms with Gasteiger partial charge >= 0.3 is 0 Å². The number of aromatic nitrogens is 3. The maximum absolute atomic E-state index is 14.6. The van der Waals surface area contributed by atoms with Gasteiger partial charge in [-0.3, -0.25) is 23.9 Å². The summed E-state index contributed by atoms with van der Waals surface area (Å²) in [6.07, 6.45) is 10.2. The van der Waals surface area contributed by atoms with Crippen molar-refractivity contribution >= 4 is 55.3 Å². The number of allylic oxidation sites excluding steroid dienone is 1. The Hall–Kier alpha value is -5.44. The van der Waals surface area contributed by atoms with Gasteiger partial charge in [-0.2, -0.15) is 0 Å². The lowest BCUT2D eigenvalue weighted by Crippen LogP contribution is -2.58. The normalized spacial score (nSPS) is 26.8. The van der Waals surface area contributed by atoms with Gasteiger partial charge in [0.15, 0.2) is 0 Å². The van der Waals surface area contributed by atoms with Crippen LogP contribution in [0.5, 0.6) is 5.88 Å². The molecule has 1 saturated heterocycles. The Bertz CT molecular complexity index is 2270. The fourth-order valence-electron chi connectivity index (χ4n) is 7.63. The third kappa shape index (κ3) is 7.11. The Morgan fingerprint density at radius 3 is 2.50 bits per heavy atom. The Morgan fingerprint density at radius 2 is 1.72 bits per heavy atom. The average molecular weight is 752 g/mol. The molecule has 54 heavy (non-hydrogen) atoms. The molecule has 8 rings (SSSR count). The highest BCUT2D eigenvalue weighted by Gasteiger charge is 2.62. The number of hydrogen-bond donors (Lipinski definition) is 3. The van der Waals surface area contributed by atoms with E-state index in [0.717, 1.165) is 34.5 Å². The third-order valence-corrected chi connectivity index (χ3v) is 12.6. The molecule has 3 N–H and O–H groups in total. The number of fused-ring (bicyclic) bond motifs is 5. The summed E-state index contributed by atoms with van der Waals surface area (Å²) < 4.78 is 34.5. The first kappa shape index (κ1) is 35.6. The number of hydrogen-bond acceptors (Lipinski definition) is 10. The molecule has 14 nitrogen and oxygen atoms in total. The van der Waals surface area contributed by atoms with Crippen LogP contribution < -0.4 is 20.1 Å². The van der Waals surface area contributed by atoms with Crippen LogP contribution in [0.2, 0.25) is 0 Å². The van der Waals surface area contributed by atoms with E-state index in [1.54, 1.807) is 0 Å². The van der Waals surface area contributed by atoms with E-state index in [1.807, 2.05) is 60.7 Å². The van der Waals surface area contributed by atoms with Gasteiger partial charge in [0.2, 0.25) is 27.7 Å². The lowest BCUT2D eigenvalue weighted by atomic mass is 10.0. The van der Waals surface area contributed by atoms with E-state index in [2.05, 4.69) is 25.3 Å². The van der Waals surface area contributed by atoms with Crippen molar-refractivity contribution in [3.05, 3.63) is 85.0 Å². The fraction of sp³-hybridized carbons (Fsp3) is 0.410. The summed E-state index contributed by atoms with van der Waals surface area (Å²) in [6, 6.07) is 14.8. The van der Waals surface area contributed by atoms with Crippen LogP contribution in [0.1, 0.15) is 68.3 Å². The second-order valence-corrected chi connectivity index (χ2v) is 16.6. The summed E-state index contributed by atoms with van der Waals surface area (Å²) in [5.41, 5.74) is -0.679. The van der Waals surface area contributed by atoms with Crippen LogP contribution in [0.15, 0.2) is 79.3 Å². The summed E-state index contributed by atoms with van der Waals surface area (Å²) in [5, 5.41) is 7.78. The van der Waals surface area contributed by atoms with Crippen LogP contribution in [-0.4, -0.2) is 87.4 Å². The molecule has 2 aromatic heterocycles. The van der Waals surface area contributed by atoms with Gasteiger partial charge in [0.25, 0.3) is 11.8 Å². The van der Waals surface area contributed by atoms with Crippen molar-refractivity contribution in [3.8, 4) is 5.88 Å². The second-order valence-electron chi connectivity index (χ2n) is 14.6. The van der Waals surface area contributed by atoms with E-state index in [0.29, 0.717) is 38.0 Å². The molecule has 4 aliphatic rings. The largest absolute Gasteiger partial charge is 0.472 e. The predicted molar refractivity (Wildman–Crippen MR) is 198 cm³/mol. The second kappa shape index (κ2) is 14.4. The lowest BCUT2D eigenvalue weighted by molar-refractivity contribution is -0.141. The SMILES string of the molecule is O=C(NC1CCCCC/C=C\C2CC2(C(=O)NS(=O)(=O)C2CC2)NC(=O)C2CC(Oc3nc4ccccc4c4ccccc34)CN2C1=O)c1ccncn1. The van der Waals surface area contributed by atoms with Crippen molar-refractivity contribution in [2.75, 3.05) is 6.54 Å². The van der Waals surface area contributed by atoms with Crippen molar-refractivity contribution in [2.45, 2.75) is 86.8 Å². The maximum Gasteiger partial charge on any atom is 0.270 e. The molecule has 0 spiro atoms. The van der Waals surface area contributed by atoms with E-state index < -0.39 is 68.5 Å². The van der Waals surface area contributed by atoms with Crippen LogP contribution in [0, 0.1) is 5.92 Å². The summed E-state index contributed by atoms with van der Waals surface area (Å²) >= 11 is 0. The number of pyridine rings is 1. The van der Waals surface area contributed by atoms with Crippen LogP contribution in [-0.2, 0) is 24.4 Å². The average Bonchev–Trinajstić information content (AvgIpc) is 4.11. The summed E-state index contributed by atoms with van der Waals surface area (Å²) in [7, 11) is -3.89. The molecule has 2 aliphatic carbocycles. The number of ether oxygens (including phenoxy) is 1. The highest BCUT2D eigenvalue weighted by Crippen LogP contribution is 2.46. The Labute approximate surface area is 312 Å². The zero-order valence-electron chi connectivity index (χ0n) is 29.5. The van der Waals surface area contributed by atoms with Gasteiger partial charge in [-0.05, 0) is 62.1 Å². The van der Waals surface area contributed by atoms with E-state index in [-0.39, 0.29) is 25.1 Å². The molecule has 2 saturated carbocycles. The van der Waals surface area contributed by atoms with E-state index >= 15 is 0 Å². The molecule has 3 fully saturated rings. The van der Waals surface area contributed by atoms with Crippen molar-refractivity contribution in [1.29, 1.82) is 0 Å². The predicted octanol–water partition coefficient (Wildman–Crippen LogP) is 3.33. The molecular formula is C39H41N7O7S. The van der Waals surface area contributed by atoms with Crippen LogP contribution in [0.4, 0.5) is 0 Å². The van der Waals surface area contributed by atoms with Gasteiger partial charge < -0.3 is 20.3 Å². The Kier molecular flexibility index (Phi) is 9.50. The first-order valence-electron chi connectivity index (χ1n) is 18.5. The molecular weight excluding hydrogens is 711 g/mol. The number of carbonyl (C=O) groups is 4. The van der Waals surface area contributed by atoms with Crippen molar-refractivity contribution in [2.24, 2.45) is 5.92 Å². The fourth-order valence-corrected chi connectivity index (χ4v) is 8.99. The zero-order chi connectivity index (χ0) is 37.5. The van der Waals surface area contributed by atoms with Gasteiger partial charge in [0.1, 0.15) is 35.7 Å². The number of nitrogens with one attached hydrogen (secondary N) is 3. The highest BCUT2D eigenvalue weighted by molar-refractivity contribution is 7.91. The molecule has 280 valence electrons. The van der Waals surface area contributed by atoms with Crippen molar-refractivity contribution < 1.29 is 32.3 Å². The molecule has 4 amide bonds. The Balaban J connectivity index is 1.12. The summed E-state index contributed by atoms with van der Waals surface area (Å²) in [4.78, 5) is 70.2. The highest BCUT2D eigenvalue weighted by atomic mass is 32.2. The van der Waals surface area contributed by atoms with E-state index in [9.17, 15) is 27.6 Å².